The van der Waals surface area contributed by atoms with Crippen molar-refractivity contribution in [2.24, 2.45) is 0 Å². The summed E-state index contributed by atoms with van der Waals surface area (Å²) >= 11 is 3.48. The molecule has 0 spiro atoms. The van der Waals surface area contributed by atoms with Crippen LogP contribution in [0, 0.1) is 11.3 Å². The number of nitrogens with zero attached hydrogens (tertiary/aromatic N) is 4. The first-order valence-electron chi connectivity index (χ1n) is 5.50. The monoisotopic (exact) mass is 313 g/mol. The number of halogens is 1. The van der Waals surface area contributed by atoms with Crippen molar-refractivity contribution >= 4 is 27.4 Å². The summed E-state index contributed by atoms with van der Waals surface area (Å²) in [7, 11) is 0. The zero-order valence-electron chi connectivity index (χ0n) is 9.71. The lowest BCUT2D eigenvalue weighted by molar-refractivity contribution is 0.945. The zero-order valence-corrected chi connectivity index (χ0v) is 11.3. The largest absolute Gasteiger partial charge is 0.384 e. The van der Waals surface area contributed by atoms with E-state index in [1.54, 1.807) is 28.9 Å². The van der Waals surface area contributed by atoms with E-state index in [2.05, 4.69) is 32.1 Å². The molecule has 92 valence electrons. The van der Waals surface area contributed by atoms with Crippen molar-refractivity contribution in [1.82, 2.24) is 14.6 Å². The molecule has 0 fully saturated rings. The maximum atomic E-state index is 8.94. The molecule has 0 saturated heterocycles. The van der Waals surface area contributed by atoms with Crippen LogP contribution in [0.15, 0.2) is 41.0 Å². The number of nitrogens with two attached hydrogens (primary N) is 1. The quantitative estimate of drug-likeness (QED) is 0.749. The molecular weight excluding hydrogens is 306 g/mol. The van der Waals surface area contributed by atoms with Crippen molar-refractivity contribution < 1.29 is 0 Å². The highest BCUT2D eigenvalue weighted by Gasteiger charge is 2.13. The van der Waals surface area contributed by atoms with Crippen molar-refractivity contribution in [1.29, 1.82) is 5.26 Å². The number of benzene rings is 1. The number of anilines is 1. The molecule has 0 aliphatic carbocycles. The van der Waals surface area contributed by atoms with Gasteiger partial charge in [0, 0.05) is 11.8 Å². The third-order valence-corrected chi connectivity index (χ3v) is 3.45. The molecule has 0 saturated carbocycles. The van der Waals surface area contributed by atoms with Crippen LogP contribution in [-0.2, 0) is 0 Å². The predicted octanol–water partition coefficient (Wildman–Crippen LogP) is 2.61. The van der Waals surface area contributed by atoms with E-state index in [9.17, 15) is 0 Å². The minimum atomic E-state index is 0.436. The minimum Gasteiger partial charge on any atom is -0.384 e. The Balaban J connectivity index is 2.25. The van der Waals surface area contributed by atoms with Gasteiger partial charge in [-0.2, -0.15) is 10.4 Å². The molecule has 3 aromatic rings. The van der Waals surface area contributed by atoms with Gasteiger partial charge in [0.15, 0.2) is 5.65 Å². The molecule has 0 atom stereocenters. The van der Waals surface area contributed by atoms with E-state index in [4.69, 9.17) is 11.0 Å². The van der Waals surface area contributed by atoms with Crippen molar-refractivity contribution in [2.75, 3.05) is 5.73 Å². The van der Waals surface area contributed by atoms with Crippen LogP contribution in [-0.4, -0.2) is 14.6 Å². The highest BCUT2D eigenvalue weighted by Crippen LogP contribution is 2.30. The van der Waals surface area contributed by atoms with Crippen molar-refractivity contribution in [3.8, 4) is 17.3 Å². The second-order valence-electron chi connectivity index (χ2n) is 3.98. The Morgan fingerprint density at radius 1 is 1.32 bits per heavy atom. The molecule has 0 aliphatic rings. The lowest BCUT2D eigenvalue weighted by Crippen LogP contribution is -1.94. The predicted molar refractivity (Wildman–Crippen MR) is 75.3 cm³/mol. The van der Waals surface area contributed by atoms with Crippen molar-refractivity contribution in [2.45, 2.75) is 0 Å². The summed E-state index contributed by atoms with van der Waals surface area (Å²) in [5, 5.41) is 13.4. The van der Waals surface area contributed by atoms with Crippen molar-refractivity contribution in [3.63, 3.8) is 0 Å². The molecule has 2 aromatic heterocycles. The van der Waals surface area contributed by atoms with Crippen molar-refractivity contribution in [3.05, 3.63) is 46.6 Å². The Morgan fingerprint density at radius 3 is 2.95 bits per heavy atom. The van der Waals surface area contributed by atoms with Crippen LogP contribution in [0.2, 0.25) is 0 Å². The van der Waals surface area contributed by atoms with Gasteiger partial charge in [-0.1, -0.05) is 12.1 Å². The van der Waals surface area contributed by atoms with Gasteiger partial charge in [0.2, 0.25) is 0 Å². The summed E-state index contributed by atoms with van der Waals surface area (Å²) in [6.45, 7) is 0. The van der Waals surface area contributed by atoms with Crippen LogP contribution in [0.4, 0.5) is 5.82 Å². The summed E-state index contributed by atoms with van der Waals surface area (Å²) in [5.74, 6) is 0.436. The first-order valence-corrected chi connectivity index (χ1v) is 6.29. The maximum Gasteiger partial charge on any atom is 0.172 e. The van der Waals surface area contributed by atoms with Crippen LogP contribution in [0.1, 0.15) is 5.56 Å². The lowest BCUT2D eigenvalue weighted by atomic mass is 10.1. The van der Waals surface area contributed by atoms with Gasteiger partial charge in [-0.15, -0.1) is 0 Å². The van der Waals surface area contributed by atoms with E-state index < -0.39 is 0 Å². The summed E-state index contributed by atoms with van der Waals surface area (Å²) < 4.78 is 2.41. The molecule has 19 heavy (non-hydrogen) atoms. The average Bonchev–Trinajstić information content (AvgIpc) is 2.76. The molecule has 6 heteroatoms. The second-order valence-corrected chi connectivity index (χ2v) is 4.77. The SMILES string of the molecule is N#Cc1cccc(-c2nn3ccc(N)nc3c2Br)c1. The lowest BCUT2D eigenvalue weighted by Gasteiger charge is -1.97. The Hall–Kier alpha value is -2.39. The normalized spacial score (nSPS) is 10.5. The molecule has 0 aliphatic heterocycles. The number of hydrogen-bond acceptors (Lipinski definition) is 4. The molecule has 0 bridgehead atoms. The highest BCUT2D eigenvalue weighted by molar-refractivity contribution is 9.10. The molecule has 2 N–H and O–H groups in total. The van der Waals surface area contributed by atoms with Gasteiger partial charge in [0.25, 0.3) is 0 Å². The van der Waals surface area contributed by atoms with E-state index >= 15 is 0 Å². The first-order chi connectivity index (χ1) is 9.19. The Kier molecular flexibility index (Phi) is 2.69. The van der Waals surface area contributed by atoms with Gasteiger partial charge in [0.05, 0.1) is 16.1 Å². The van der Waals surface area contributed by atoms with Crippen LogP contribution in [0.3, 0.4) is 0 Å². The van der Waals surface area contributed by atoms with E-state index in [0.717, 1.165) is 15.7 Å². The molecular formula is C13H8BrN5. The van der Waals surface area contributed by atoms with Gasteiger partial charge < -0.3 is 5.73 Å². The van der Waals surface area contributed by atoms with Crippen LogP contribution >= 0.6 is 15.9 Å². The van der Waals surface area contributed by atoms with Gasteiger partial charge in [-0.3, -0.25) is 0 Å². The van der Waals surface area contributed by atoms with Crippen LogP contribution < -0.4 is 5.73 Å². The molecule has 0 unspecified atom stereocenters. The molecule has 0 amide bonds. The molecule has 2 heterocycles. The number of fused-ring (bicyclic) bond motifs is 1. The summed E-state index contributed by atoms with van der Waals surface area (Å²) in [6.07, 6.45) is 1.75. The standard InChI is InChI=1S/C13H8BrN5/c14-11-12(9-3-1-2-8(6-9)7-15)18-19-5-4-10(16)17-13(11)19/h1-6H,(H2,16,17). The third-order valence-electron chi connectivity index (χ3n) is 2.72. The number of rotatable bonds is 1. The Labute approximate surface area is 117 Å². The smallest absolute Gasteiger partial charge is 0.172 e. The topological polar surface area (TPSA) is 80.0 Å². The fourth-order valence-electron chi connectivity index (χ4n) is 1.84. The van der Waals surface area contributed by atoms with Gasteiger partial charge in [0.1, 0.15) is 11.5 Å². The summed E-state index contributed by atoms with van der Waals surface area (Å²) in [4.78, 5) is 4.23. The molecule has 0 radical (unpaired) electrons. The number of nitriles is 1. The summed E-state index contributed by atoms with van der Waals surface area (Å²) in [5.41, 5.74) is 8.50. The molecule has 1 aromatic carbocycles. The second kappa shape index (κ2) is 4.37. The first kappa shape index (κ1) is 11.7. The number of aromatic nitrogens is 3. The zero-order chi connectivity index (χ0) is 13.4. The fourth-order valence-corrected chi connectivity index (χ4v) is 2.42. The van der Waals surface area contributed by atoms with Gasteiger partial charge in [-0.25, -0.2) is 9.50 Å². The number of nitrogen functional groups attached to an aromatic ring is 1. The highest BCUT2D eigenvalue weighted by atomic mass is 79.9. The Morgan fingerprint density at radius 2 is 2.16 bits per heavy atom. The molecule has 3 rings (SSSR count). The molecule has 5 nitrogen and oxygen atoms in total. The van der Waals surface area contributed by atoms with E-state index in [-0.39, 0.29) is 0 Å². The Bertz CT molecular complexity index is 816. The van der Waals surface area contributed by atoms with Gasteiger partial charge in [-0.05, 0) is 34.1 Å². The maximum absolute atomic E-state index is 8.94. The summed E-state index contributed by atoms with van der Waals surface area (Å²) in [6, 6.07) is 11.1. The van der Waals surface area contributed by atoms with E-state index in [1.807, 2.05) is 12.1 Å². The third kappa shape index (κ3) is 1.94. The average molecular weight is 314 g/mol. The number of hydrogen-bond donors (Lipinski definition) is 1. The fraction of sp³-hybridized carbons (Fsp3) is 0. The van der Waals surface area contributed by atoms with Crippen LogP contribution in [0.5, 0.6) is 0 Å². The van der Waals surface area contributed by atoms with Crippen LogP contribution in [0.25, 0.3) is 16.9 Å². The van der Waals surface area contributed by atoms with E-state index in [0.29, 0.717) is 17.0 Å². The van der Waals surface area contributed by atoms with E-state index in [1.165, 1.54) is 0 Å². The minimum absolute atomic E-state index is 0.436. The van der Waals surface area contributed by atoms with Gasteiger partial charge >= 0.3 is 0 Å².